The fourth-order valence-corrected chi connectivity index (χ4v) is 10.6. The molecule has 6 aromatic rings. The molecule has 5 heterocycles. The van der Waals surface area contributed by atoms with Gasteiger partial charge in [-0.05, 0) is 62.9 Å². The number of hydrogen-bond donors (Lipinski definition) is 6. The number of hydrogen-bond acceptors (Lipinski definition) is 17. The number of methoxy groups -OCH3 is 1. The van der Waals surface area contributed by atoms with Gasteiger partial charge in [-0.15, -0.1) is 22.7 Å². The maximum atomic E-state index is 12.9. The number of anilines is 2. The lowest BCUT2D eigenvalue weighted by Crippen LogP contribution is -2.45. The van der Waals surface area contributed by atoms with Gasteiger partial charge in [0.2, 0.25) is 0 Å². The first-order chi connectivity index (χ1) is 32.9. The highest BCUT2D eigenvalue weighted by molar-refractivity contribution is 7.19. The number of thiophene rings is 2. The van der Waals surface area contributed by atoms with Gasteiger partial charge >= 0.3 is 18.4 Å². The second-order valence-electron chi connectivity index (χ2n) is 18.2. The lowest BCUT2D eigenvalue weighted by atomic mass is 10.1. The number of aliphatic hydroxyl groups excluding tert-OH is 4. The Hall–Kier alpha value is -5.50. The highest BCUT2D eigenvalue weighted by Gasteiger charge is 2.46. The standard InChI is InChI=1S/C27H28F3N5O3S.C19H25F3N4O4S/c1-35(25-20-8-19(10-27(28,29)30)39-26(20)34-14-33-25)22-9-21(23(36)24(22)37)32-11-15-3-5-16(6-4-15)17-7-18(38-2)13-31-12-17;1-18(2,3)30-17(29)25-11-6-12(14(28)13(11)27)26(4)15-10-5-9(7-19(20,21)22)31-16(10)24-8-23-15/h3-8,12-14,21-24,32,36-37H,9-11H2,1-2H3;5,8,11-14,27-28H,6-7H2,1-4H3,(H,25,29)/t21-,22+,23-,24+;11-,12+,13-,14+/m11/s1. The molecule has 0 radical (unpaired) electrons. The number of likely N-dealkylation sites (N-methyl/N-ethyl adjacent to an activating group) is 2. The van der Waals surface area contributed by atoms with E-state index in [0.717, 1.165) is 39.4 Å². The van der Waals surface area contributed by atoms with Gasteiger partial charge in [0.15, 0.2) is 0 Å². The molecule has 24 heteroatoms. The fourth-order valence-electron chi connectivity index (χ4n) is 8.57. The van der Waals surface area contributed by atoms with Gasteiger partial charge in [-0.1, -0.05) is 24.3 Å². The Morgan fingerprint density at radius 3 is 1.70 bits per heavy atom. The van der Waals surface area contributed by atoms with Gasteiger partial charge in [0.1, 0.15) is 63.6 Å². The third-order valence-corrected chi connectivity index (χ3v) is 14.0. The lowest BCUT2D eigenvalue weighted by Gasteiger charge is -2.28. The molecular weight excluding hydrogens is 969 g/mol. The number of aliphatic hydroxyl groups is 4. The van der Waals surface area contributed by atoms with Crippen molar-refractivity contribution in [3.8, 4) is 16.9 Å². The summed E-state index contributed by atoms with van der Waals surface area (Å²) >= 11 is 1.91. The maximum Gasteiger partial charge on any atom is 0.407 e. The van der Waals surface area contributed by atoms with Crippen LogP contribution < -0.4 is 25.2 Å². The van der Waals surface area contributed by atoms with Crippen LogP contribution in [-0.2, 0) is 24.1 Å². The van der Waals surface area contributed by atoms with Crippen molar-refractivity contribution in [3.05, 3.63) is 82.8 Å². The second kappa shape index (κ2) is 21.1. The number of pyridine rings is 1. The maximum absolute atomic E-state index is 12.9. The summed E-state index contributed by atoms with van der Waals surface area (Å²) in [6.45, 7) is 5.59. The summed E-state index contributed by atoms with van der Waals surface area (Å²) in [6, 6.07) is 10.4. The minimum atomic E-state index is -4.34. The van der Waals surface area contributed by atoms with Crippen LogP contribution in [0.5, 0.6) is 5.75 Å². The highest BCUT2D eigenvalue weighted by atomic mass is 32.1. The fraction of sp³-hybridized carbons (Fsp3) is 0.478. The SMILES string of the molecule is CN(c1ncnc2sc(CC(F)(F)F)cc12)[C@H]1C[C@@H](NC(=O)OC(C)(C)C)[C@@H](O)[C@H]1O.COc1cncc(-c2ccc(CN[C@@H]3C[C@H](N(C)c4ncnc5sc(CC(F)(F)F)cc45)[C@H](O)[C@@H]3O)cc2)c1. The summed E-state index contributed by atoms with van der Waals surface area (Å²) in [6.07, 6.45) is -9.49. The van der Waals surface area contributed by atoms with E-state index in [2.05, 4.69) is 35.6 Å². The summed E-state index contributed by atoms with van der Waals surface area (Å²) in [5.74, 6) is 1.43. The predicted octanol–water partition coefficient (Wildman–Crippen LogP) is 6.58. The van der Waals surface area contributed by atoms with E-state index < -0.39 is 85.5 Å². The Morgan fingerprint density at radius 1 is 0.714 bits per heavy atom. The molecule has 0 aliphatic heterocycles. The molecule has 378 valence electrons. The lowest BCUT2D eigenvalue weighted by molar-refractivity contribution is -0.127. The van der Waals surface area contributed by atoms with Gasteiger partial charge in [0.25, 0.3) is 0 Å². The number of halogens is 6. The molecule has 2 saturated carbocycles. The zero-order valence-electron chi connectivity index (χ0n) is 38.7. The van der Waals surface area contributed by atoms with Crippen LogP contribution in [0.4, 0.5) is 42.8 Å². The largest absolute Gasteiger partial charge is 0.495 e. The minimum absolute atomic E-state index is 0.106. The Labute approximate surface area is 406 Å². The molecular formula is C46H53F6N9O7S2. The van der Waals surface area contributed by atoms with E-state index in [9.17, 15) is 51.6 Å². The van der Waals surface area contributed by atoms with Crippen molar-refractivity contribution in [1.29, 1.82) is 0 Å². The first-order valence-corrected chi connectivity index (χ1v) is 23.6. The number of carbonyl (C=O) groups is 1. The Balaban J connectivity index is 0.000000212. The topological polar surface area (TPSA) is 211 Å². The monoisotopic (exact) mass is 1020 g/mol. The van der Waals surface area contributed by atoms with Gasteiger partial charge in [-0.25, -0.2) is 24.7 Å². The molecule has 0 unspecified atom stereocenters. The molecule has 0 saturated heterocycles. The number of aromatic nitrogens is 5. The summed E-state index contributed by atoms with van der Waals surface area (Å²) < 4.78 is 87.5. The van der Waals surface area contributed by atoms with Crippen LogP contribution in [0.2, 0.25) is 0 Å². The van der Waals surface area contributed by atoms with Crippen LogP contribution in [0.15, 0.2) is 67.5 Å². The number of alkyl carbamates (subject to hydrolysis) is 1. The second-order valence-corrected chi connectivity index (χ2v) is 20.4. The third kappa shape index (κ3) is 12.7. The zero-order chi connectivity index (χ0) is 50.9. The number of alkyl halides is 6. The smallest absolute Gasteiger partial charge is 0.407 e. The van der Waals surface area contributed by atoms with E-state index in [0.29, 0.717) is 50.8 Å². The van der Waals surface area contributed by atoms with Crippen LogP contribution in [-0.4, -0.2) is 139 Å². The number of benzene rings is 1. The number of carbonyl (C=O) groups excluding carboxylic acids is 1. The van der Waals surface area contributed by atoms with E-state index in [4.69, 9.17) is 9.47 Å². The molecule has 0 spiro atoms. The van der Waals surface area contributed by atoms with Crippen LogP contribution >= 0.6 is 22.7 Å². The molecule has 1 aromatic carbocycles. The number of amides is 1. The van der Waals surface area contributed by atoms with Gasteiger partial charge in [-0.3, -0.25) is 4.98 Å². The van der Waals surface area contributed by atoms with Crippen molar-refractivity contribution < 1.29 is 61.0 Å². The third-order valence-electron chi connectivity index (χ3n) is 11.9. The summed E-state index contributed by atoms with van der Waals surface area (Å²) in [5.41, 5.74) is 2.21. The van der Waals surface area contributed by atoms with Gasteiger partial charge in [0, 0.05) is 48.2 Å². The Kier molecular flexibility index (Phi) is 15.8. The molecule has 2 aliphatic rings. The predicted molar refractivity (Wildman–Crippen MR) is 252 cm³/mol. The van der Waals surface area contributed by atoms with E-state index in [1.807, 2.05) is 30.3 Å². The van der Waals surface area contributed by atoms with Gasteiger partial charge in [-0.2, -0.15) is 26.3 Å². The van der Waals surface area contributed by atoms with Crippen LogP contribution in [0.3, 0.4) is 0 Å². The molecule has 5 aromatic heterocycles. The molecule has 1 amide bonds. The summed E-state index contributed by atoms with van der Waals surface area (Å²) in [7, 11) is 4.94. The highest BCUT2D eigenvalue weighted by Crippen LogP contribution is 2.38. The van der Waals surface area contributed by atoms with E-state index in [-0.39, 0.29) is 16.2 Å². The number of nitrogens with one attached hydrogen (secondary N) is 2. The first-order valence-electron chi connectivity index (χ1n) is 22.0. The zero-order valence-corrected chi connectivity index (χ0v) is 40.4. The van der Waals surface area contributed by atoms with Crippen LogP contribution in [0, 0.1) is 0 Å². The van der Waals surface area contributed by atoms with Gasteiger partial charge < -0.3 is 50.3 Å². The van der Waals surface area contributed by atoms with Crippen molar-refractivity contribution in [3.63, 3.8) is 0 Å². The van der Waals surface area contributed by atoms with E-state index in [1.54, 1.807) is 64.2 Å². The van der Waals surface area contributed by atoms with E-state index in [1.165, 1.54) is 24.8 Å². The molecule has 16 nitrogen and oxygen atoms in total. The average molecular weight is 1020 g/mol. The van der Waals surface area contributed by atoms with Crippen molar-refractivity contribution in [2.45, 2.75) is 120 Å². The molecule has 6 N–H and O–H groups in total. The van der Waals surface area contributed by atoms with Gasteiger partial charge in [0.05, 0.1) is 61.2 Å². The molecule has 8 rings (SSSR count). The summed E-state index contributed by atoms with van der Waals surface area (Å²) in [5, 5.41) is 49.4. The molecule has 0 bridgehead atoms. The molecule has 2 fully saturated rings. The normalized spacial score (nSPS) is 22.7. The van der Waals surface area contributed by atoms with Crippen molar-refractivity contribution >= 4 is 60.8 Å². The van der Waals surface area contributed by atoms with Crippen molar-refractivity contribution in [2.75, 3.05) is 31.0 Å². The van der Waals surface area contributed by atoms with Crippen LogP contribution in [0.1, 0.15) is 48.9 Å². The number of fused-ring (bicyclic) bond motifs is 2. The number of nitrogens with zero attached hydrogens (tertiary/aromatic N) is 7. The average Bonchev–Trinajstić information content (AvgIpc) is 4.03. The number of rotatable bonds is 12. The molecule has 2 aliphatic carbocycles. The van der Waals surface area contributed by atoms with Crippen LogP contribution in [0.25, 0.3) is 31.6 Å². The Morgan fingerprint density at radius 2 is 1.21 bits per heavy atom. The first kappa shape index (κ1) is 52.3. The van der Waals surface area contributed by atoms with Crippen molar-refractivity contribution in [1.82, 2.24) is 35.6 Å². The number of ether oxygens (including phenoxy) is 2. The Bertz CT molecular complexity index is 2740. The molecule has 8 atom stereocenters. The minimum Gasteiger partial charge on any atom is -0.495 e. The summed E-state index contributed by atoms with van der Waals surface area (Å²) in [4.78, 5) is 37.3. The molecule has 70 heavy (non-hydrogen) atoms. The quantitative estimate of drug-likeness (QED) is 0.0716. The van der Waals surface area contributed by atoms with Crippen molar-refractivity contribution in [2.24, 2.45) is 0 Å². The van der Waals surface area contributed by atoms with E-state index >= 15 is 0 Å².